The predicted octanol–water partition coefficient (Wildman–Crippen LogP) is 2.46. The van der Waals surface area contributed by atoms with Crippen LogP contribution in [0.1, 0.15) is 24.8 Å². The van der Waals surface area contributed by atoms with Gasteiger partial charge in [-0.05, 0) is 25.0 Å². The molecule has 0 radical (unpaired) electrons. The fourth-order valence-electron chi connectivity index (χ4n) is 2.21. The first-order valence-electron chi connectivity index (χ1n) is 5.69. The van der Waals surface area contributed by atoms with E-state index >= 15 is 0 Å². The number of carboxylic acids is 1. The minimum atomic E-state index is -1.46. The van der Waals surface area contributed by atoms with Gasteiger partial charge in [-0.25, -0.2) is 0 Å². The number of ether oxygens (including phenoxy) is 1. The van der Waals surface area contributed by atoms with Gasteiger partial charge in [0.25, 0.3) is 0 Å². The maximum Gasteiger partial charge on any atom is 0.324 e. The number of hydrogen-bond donors (Lipinski definition) is 1. The van der Waals surface area contributed by atoms with Crippen LogP contribution in [0.5, 0.6) is 0 Å². The van der Waals surface area contributed by atoms with Crippen molar-refractivity contribution >= 4 is 23.5 Å². The van der Waals surface area contributed by atoms with Crippen molar-refractivity contribution < 1.29 is 19.4 Å². The van der Waals surface area contributed by atoms with Crippen LogP contribution < -0.4 is 0 Å². The van der Waals surface area contributed by atoms with Crippen LogP contribution in [0, 0.1) is 5.41 Å². The standard InChI is InChI=1S/C13H13ClO4/c1-2-18-12(17)13(11(15)16)7-9(13)8-5-3-4-6-10(8)14/h3-6,9H,2,7H2,1H3,(H,15,16). The van der Waals surface area contributed by atoms with Crippen molar-refractivity contribution in [3.05, 3.63) is 34.9 Å². The number of hydrogen-bond acceptors (Lipinski definition) is 3. The molecule has 2 rings (SSSR count). The zero-order valence-corrected chi connectivity index (χ0v) is 10.6. The van der Waals surface area contributed by atoms with Crippen LogP contribution in [0.15, 0.2) is 24.3 Å². The number of carboxylic acid groups (broad SMARTS) is 1. The van der Waals surface area contributed by atoms with Crippen LogP contribution in [-0.4, -0.2) is 23.7 Å². The Bertz CT molecular complexity index is 500. The molecule has 0 amide bonds. The summed E-state index contributed by atoms with van der Waals surface area (Å²) in [5, 5.41) is 9.76. The zero-order chi connectivity index (χ0) is 13.3. The van der Waals surface area contributed by atoms with E-state index in [1.807, 2.05) is 0 Å². The minimum Gasteiger partial charge on any atom is -0.480 e. The van der Waals surface area contributed by atoms with Gasteiger partial charge < -0.3 is 9.84 Å². The summed E-state index contributed by atoms with van der Waals surface area (Å²) in [6, 6.07) is 6.97. The predicted molar refractivity (Wildman–Crippen MR) is 65.5 cm³/mol. The van der Waals surface area contributed by atoms with E-state index in [1.54, 1.807) is 31.2 Å². The Morgan fingerprint density at radius 3 is 2.72 bits per heavy atom. The largest absolute Gasteiger partial charge is 0.480 e. The average molecular weight is 269 g/mol. The van der Waals surface area contributed by atoms with Gasteiger partial charge in [0.1, 0.15) is 0 Å². The molecule has 0 aromatic heterocycles. The summed E-state index contributed by atoms with van der Waals surface area (Å²) in [6.07, 6.45) is 0.241. The first-order chi connectivity index (χ1) is 8.54. The van der Waals surface area contributed by atoms with Crippen molar-refractivity contribution in [2.45, 2.75) is 19.3 Å². The third-order valence-electron chi connectivity index (χ3n) is 3.26. The van der Waals surface area contributed by atoms with Gasteiger partial charge in [-0.2, -0.15) is 0 Å². The Kier molecular flexibility index (Phi) is 3.30. The number of rotatable bonds is 4. The van der Waals surface area contributed by atoms with Crippen molar-refractivity contribution in [3.63, 3.8) is 0 Å². The number of benzene rings is 1. The van der Waals surface area contributed by atoms with Crippen LogP contribution in [0.3, 0.4) is 0 Å². The second kappa shape index (κ2) is 4.61. The van der Waals surface area contributed by atoms with E-state index in [2.05, 4.69) is 0 Å². The molecular weight excluding hydrogens is 256 g/mol. The number of halogens is 1. The van der Waals surface area contributed by atoms with E-state index in [4.69, 9.17) is 16.3 Å². The SMILES string of the molecule is CCOC(=O)C1(C(=O)O)CC1c1ccccc1Cl. The smallest absolute Gasteiger partial charge is 0.324 e. The number of aliphatic carboxylic acids is 1. The van der Waals surface area contributed by atoms with Crippen molar-refractivity contribution in [2.24, 2.45) is 5.41 Å². The monoisotopic (exact) mass is 268 g/mol. The number of carbonyl (C=O) groups is 2. The first kappa shape index (κ1) is 12.9. The van der Waals surface area contributed by atoms with E-state index in [0.717, 1.165) is 0 Å². The highest BCUT2D eigenvalue weighted by atomic mass is 35.5. The Labute approximate surface area is 110 Å². The number of carbonyl (C=O) groups excluding carboxylic acids is 1. The third-order valence-corrected chi connectivity index (χ3v) is 3.61. The van der Waals surface area contributed by atoms with Crippen molar-refractivity contribution in [1.29, 1.82) is 0 Å². The molecule has 1 aliphatic carbocycles. The van der Waals surface area contributed by atoms with Gasteiger partial charge in [-0.3, -0.25) is 9.59 Å². The lowest BCUT2D eigenvalue weighted by atomic mass is 9.99. The van der Waals surface area contributed by atoms with Crippen LogP contribution >= 0.6 is 11.6 Å². The van der Waals surface area contributed by atoms with E-state index in [0.29, 0.717) is 10.6 Å². The van der Waals surface area contributed by atoms with Gasteiger partial charge in [0, 0.05) is 10.9 Å². The van der Waals surface area contributed by atoms with Crippen molar-refractivity contribution in [3.8, 4) is 0 Å². The van der Waals surface area contributed by atoms with Crippen molar-refractivity contribution in [2.75, 3.05) is 6.61 Å². The molecule has 1 N–H and O–H groups in total. The summed E-state index contributed by atoms with van der Waals surface area (Å²) in [6.45, 7) is 1.82. The fraction of sp³-hybridized carbons (Fsp3) is 0.385. The molecule has 1 aromatic carbocycles. The van der Waals surface area contributed by atoms with Gasteiger partial charge >= 0.3 is 11.9 Å². The molecule has 0 aliphatic heterocycles. The van der Waals surface area contributed by atoms with Gasteiger partial charge in [0.2, 0.25) is 0 Å². The molecule has 0 bridgehead atoms. The highest BCUT2D eigenvalue weighted by molar-refractivity contribution is 6.31. The molecule has 1 aromatic rings. The van der Waals surface area contributed by atoms with Crippen LogP contribution in [0.2, 0.25) is 5.02 Å². The zero-order valence-electron chi connectivity index (χ0n) is 9.85. The Morgan fingerprint density at radius 2 is 2.17 bits per heavy atom. The molecule has 2 unspecified atom stereocenters. The second-order valence-electron chi connectivity index (χ2n) is 4.28. The summed E-state index contributed by atoms with van der Waals surface area (Å²) in [5.74, 6) is -2.23. The molecule has 0 heterocycles. The summed E-state index contributed by atoms with van der Waals surface area (Å²) < 4.78 is 4.86. The minimum absolute atomic E-state index is 0.170. The molecule has 18 heavy (non-hydrogen) atoms. The van der Waals surface area contributed by atoms with Gasteiger partial charge in [0.05, 0.1) is 6.61 Å². The lowest BCUT2D eigenvalue weighted by molar-refractivity contribution is -0.161. The first-order valence-corrected chi connectivity index (χ1v) is 6.07. The quantitative estimate of drug-likeness (QED) is 0.673. The lowest BCUT2D eigenvalue weighted by Gasteiger charge is -2.11. The van der Waals surface area contributed by atoms with Crippen LogP contribution in [0.25, 0.3) is 0 Å². The topological polar surface area (TPSA) is 63.6 Å². The summed E-state index contributed by atoms with van der Waals surface area (Å²) >= 11 is 6.03. The van der Waals surface area contributed by atoms with E-state index in [-0.39, 0.29) is 13.0 Å². The summed E-state index contributed by atoms with van der Waals surface area (Å²) in [5.41, 5.74) is -0.768. The molecule has 4 nitrogen and oxygen atoms in total. The maximum absolute atomic E-state index is 11.8. The maximum atomic E-state index is 11.8. The highest BCUT2D eigenvalue weighted by Gasteiger charge is 2.68. The molecule has 5 heteroatoms. The Morgan fingerprint density at radius 1 is 1.50 bits per heavy atom. The van der Waals surface area contributed by atoms with Crippen LogP contribution in [-0.2, 0) is 14.3 Å². The summed E-state index contributed by atoms with van der Waals surface area (Å²) in [7, 11) is 0. The molecule has 1 aliphatic rings. The molecule has 2 atom stereocenters. The molecule has 1 fully saturated rings. The summed E-state index contributed by atoms with van der Waals surface area (Å²) in [4.78, 5) is 23.2. The number of esters is 1. The van der Waals surface area contributed by atoms with E-state index in [1.165, 1.54) is 0 Å². The average Bonchev–Trinajstić information content (AvgIpc) is 3.06. The van der Waals surface area contributed by atoms with Gasteiger partial charge in [-0.15, -0.1) is 0 Å². The lowest BCUT2D eigenvalue weighted by Crippen LogP contribution is -2.29. The van der Waals surface area contributed by atoms with E-state index < -0.39 is 23.3 Å². The van der Waals surface area contributed by atoms with Crippen molar-refractivity contribution in [1.82, 2.24) is 0 Å². The Balaban J connectivity index is 2.31. The normalized spacial score (nSPS) is 25.6. The molecular formula is C13H13ClO4. The molecule has 0 saturated heterocycles. The third kappa shape index (κ3) is 1.86. The fourth-order valence-corrected chi connectivity index (χ4v) is 2.47. The van der Waals surface area contributed by atoms with E-state index in [9.17, 15) is 14.7 Å². The highest BCUT2D eigenvalue weighted by Crippen LogP contribution is 2.61. The van der Waals surface area contributed by atoms with Gasteiger partial charge in [-0.1, -0.05) is 29.8 Å². The molecule has 96 valence electrons. The molecule has 0 spiro atoms. The molecule has 1 saturated carbocycles. The van der Waals surface area contributed by atoms with Gasteiger partial charge in [0.15, 0.2) is 5.41 Å². The van der Waals surface area contributed by atoms with Crippen LogP contribution in [0.4, 0.5) is 0 Å². The Hall–Kier alpha value is -1.55. The second-order valence-corrected chi connectivity index (χ2v) is 4.68.